The van der Waals surface area contributed by atoms with Crippen molar-refractivity contribution < 1.29 is 9.59 Å². The highest BCUT2D eigenvalue weighted by molar-refractivity contribution is 8.15. The van der Waals surface area contributed by atoms with Gasteiger partial charge in [0.2, 0.25) is 5.91 Å². The summed E-state index contributed by atoms with van der Waals surface area (Å²) in [7, 11) is 0. The van der Waals surface area contributed by atoms with Gasteiger partial charge < -0.3 is 4.98 Å². The number of hydrogen-bond donors (Lipinski definition) is 2. The summed E-state index contributed by atoms with van der Waals surface area (Å²) in [6, 6.07) is 27.6. The maximum atomic E-state index is 13.0. The molecule has 1 fully saturated rings. The fraction of sp³-hybridized carbons (Fsp3) is 0.115. The van der Waals surface area contributed by atoms with Crippen LogP contribution in [0.2, 0.25) is 0 Å². The average molecular weight is 441 g/mol. The molecule has 2 heterocycles. The molecule has 2 amide bonds. The first-order valence-corrected chi connectivity index (χ1v) is 11.2. The second-order valence-corrected chi connectivity index (χ2v) is 8.94. The molecule has 1 saturated heterocycles. The summed E-state index contributed by atoms with van der Waals surface area (Å²) in [5.41, 5.74) is 4.23. The summed E-state index contributed by atoms with van der Waals surface area (Å²) < 4.78 is 0. The monoisotopic (exact) mass is 440 g/mol. The van der Waals surface area contributed by atoms with Gasteiger partial charge in [-0.25, -0.2) is 0 Å². The zero-order valence-corrected chi connectivity index (χ0v) is 17.9. The minimum atomic E-state index is -0.654. The number of aromatic nitrogens is 1. The molecule has 1 aliphatic heterocycles. The molecule has 2 unspecified atom stereocenters. The molecule has 3 aromatic carbocycles. The van der Waals surface area contributed by atoms with E-state index in [4.69, 9.17) is 0 Å². The van der Waals surface area contributed by atoms with Crippen LogP contribution in [-0.2, 0) is 11.2 Å². The first-order chi connectivity index (χ1) is 15.6. The van der Waals surface area contributed by atoms with Crippen molar-refractivity contribution in [2.45, 2.75) is 17.6 Å². The van der Waals surface area contributed by atoms with E-state index in [0.717, 1.165) is 39.4 Å². The molecular weight excluding hydrogens is 420 g/mol. The first kappa shape index (κ1) is 20.3. The van der Waals surface area contributed by atoms with Crippen molar-refractivity contribution in [3.05, 3.63) is 106 Å². The number of para-hydroxylation sites is 1. The quantitative estimate of drug-likeness (QED) is 0.464. The minimum absolute atomic E-state index is 0.234. The second kappa shape index (κ2) is 8.48. The standard InChI is InChI=1S/C26H20N2O3S/c29-24-21(15-19-8-4-5-9-22(19)27-24)20(23-25(30)28-26(31)32-23)14-16-10-12-18(13-11-16)17-6-2-1-3-7-17/h1-13,15,20,23H,14H2,(H,27,29)(H,28,30,31). The number of fused-ring (bicyclic) bond motifs is 1. The molecule has 0 saturated carbocycles. The van der Waals surface area contributed by atoms with Gasteiger partial charge in [-0.15, -0.1) is 0 Å². The van der Waals surface area contributed by atoms with Crippen LogP contribution in [0.15, 0.2) is 89.7 Å². The number of amides is 2. The van der Waals surface area contributed by atoms with Crippen LogP contribution in [0.5, 0.6) is 0 Å². The van der Waals surface area contributed by atoms with Gasteiger partial charge in [-0.3, -0.25) is 19.7 Å². The lowest BCUT2D eigenvalue weighted by Gasteiger charge is -2.21. The van der Waals surface area contributed by atoms with Gasteiger partial charge in [0.1, 0.15) is 5.25 Å². The van der Waals surface area contributed by atoms with Crippen molar-refractivity contribution in [2.24, 2.45) is 0 Å². The number of carbonyl (C=O) groups is 2. The number of pyridine rings is 1. The van der Waals surface area contributed by atoms with Gasteiger partial charge >= 0.3 is 0 Å². The largest absolute Gasteiger partial charge is 0.322 e. The zero-order valence-electron chi connectivity index (χ0n) is 17.1. The molecule has 1 aliphatic rings. The lowest BCUT2D eigenvalue weighted by Crippen LogP contribution is -2.32. The number of aromatic amines is 1. The van der Waals surface area contributed by atoms with E-state index in [1.165, 1.54) is 0 Å². The highest BCUT2D eigenvalue weighted by Gasteiger charge is 2.39. The molecule has 32 heavy (non-hydrogen) atoms. The summed E-state index contributed by atoms with van der Waals surface area (Å²) in [4.78, 5) is 40.3. The highest BCUT2D eigenvalue weighted by atomic mass is 32.2. The molecule has 158 valence electrons. The predicted octanol–water partition coefficient (Wildman–Crippen LogP) is 4.87. The Morgan fingerprint density at radius 1 is 0.812 bits per heavy atom. The number of rotatable bonds is 5. The fourth-order valence-electron chi connectivity index (χ4n) is 4.17. The van der Waals surface area contributed by atoms with E-state index in [-0.39, 0.29) is 16.7 Å². The Balaban J connectivity index is 1.53. The Bertz CT molecular complexity index is 1360. The average Bonchev–Trinajstić information content (AvgIpc) is 3.15. The minimum Gasteiger partial charge on any atom is -0.322 e. The van der Waals surface area contributed by atoms with Gasteiger partial charge in [0.15, 0.2) is 0 Å². The lowest BCUT2D eigenvalue weighted by molar-refractivity contribution is -0.119. The Morgan fingerprint density at radius 3 is 2.22 bits per heavy atom. The van der Waals surface area contributed by atoms with Gasteiger partial charge in [-0.05, 0) is 40.6 Å². The van der Waals surface area contributed by atoms with E-state index < -0.39 is 11.2 Å². The second-order valence-electron chi connectivity index (χ2n) is 7.83. The molecule has 2 atom stereocenters. The van der Waals surface area contributed by atoms with Crippen LogP contribution in [-0.4, -0.2) is 21.4 Å². The Morgan fingerprint density at radius 2 is 1.50 bits per heavy atom. The van der Waals surface area contributed by atoms with Gasteiger partial charge in [0, 0.05) is 17.0 Å². The van der Waals surface area contributed by atoms with Crippen molar-refractivity contribution in [3.63, 3.8) is 0 Å². The zero-order chi connectivity index (χ0) is 22.1. The molecule has 5 nitrogen and oxygen atoms in total. The highest BCUT2D eigenvalue weighted by Crippen LogP contribution is 2.35. The SMILES string of the molecule is O=C1NC(=O)C(C(Cc2ccc(-c3ccccc3)cc2)c2cc3ccccc3[nH]c2=O)S1. The Hall–Kier alpha value is -3.64. The van der Waals surface area contributed by atoms with Crippen molar-refractivity contribution >= 4 is 33.8 Å². The van der Waals surface area contributed by atoms with E-state index in [9.17, 15) is 14.4 Å². The van der Waals surface area contributed by atoms with Crippen LogP contribution in [0, 0.1) is 0 Å². The third kappa shape index (κ3) is 3.97. The first-order valence-electron chi connectivity index (χ1n) is 10.4. The number of nitrogens with one attached hydrogen (secondary N) is 2. The molecule has 2 N–H and O–H groups in total. The van der Waals surface area contributed by atoms with Crippen molar-refractivity contribution in [1.82, 2.24) is 10.3 Å². The molecule has 0 radical (unpaired) electrons. The third-order valence-corrected chi connectivity index (χ3v) is 6.89. The normalized spacial score (nSPS) is 16.8. The summed E-state index contributed by atoms with van der Waals surface area (Å²) >= 11 is 0.958. The predicted molar refractivity (Wildman–Crippen MR) is 128 cm³/mol. The van der Waals surface area contributed by atoms with Crippen molar-refractivity contribution in [2.75, 3.05) is 0 Å². The maximum absolute atomic E-state index is 13.0. The van der Waals surface area contributed by atoms with Crippen LogP contribution in [0.3, 0.4) is 0 Å². The molecule has 1 aromatic heterocycles. The van der Waals surface area contributed by atoms with E-state index in [1.807, 2.05) is 72.8 Å². The van der Waals surface area contributed by atoms with Crippen molar-refractivity contribution in [3.8, 4) is 11.1 Å². The van der Waals surface area contributed by atoms with E-state index in [0.29, 0.717) is 12.0 Å². The third-order valence-electron chi connectivity index (χ3n) is 5.78. The number of imide groups is 1. The smallest absolute Gasteiger partial charge is 0.286 e. The van der Waals surface area contributed by atoms with Crippen LogP contribution in [0.4, 0.5) is 4.79 Å². The van der Waals surface area contributed by atoms with E-state index >= 15 is 0 Å². The van der Waals surface area contributed by atoms with Crippen LogP contribution >= 0.6 is 11.8 Å². The molecule has 4 aromatic rings. The number of carbonyl (C=O) groups excluding carboxylic acids is 2. The molecule has 0 bridgehead atoms. The van der Waals surface area contributed by atoms with Gasteiger partial charge in [0.05, 0.1) is 0 Å². The van der Waals surface area contributed by atoms with E-state index in [1.54, 1.807) is 0 Å². The number of thioether (sulfide) groups is 1. The Kier molecular flexibility index (Phi) is 5.37. The molecule has 0 aliphatic carbocycles. The summed E-state index contributed by atoms with van der Waals surface area (Å²) in [5, 5.41) is 2.23. The Labute approximate surface area is 188 Å². The van der Waals surface area contributed by atoms with E-state index in [2.05, 4.69) is 22.4 Å². The summed E-state index contributed by atoms with van der Waals surface area (Å²) in [6.45, 7) is 0. The topological polar surface area (TPSA) is 79.0 Å². The number of H-pyrrole nitrogens is 1. The van der Waals surface area contributed by atoms with Gasteiger partial charge in [0.25, 0.3) is 10.8 Å². The lowest BCUT2D eigenvalue weighted by atomic mass is 9.88. The molecule has 6 heteroatoms. The number of hydrogen-bond acceptors (Lipinski definition) is 4. The van der Waals surface area contributed by atoms with Gasteiger partial charge in [-0.1, -0.05) is 84.6 Å². The maximum Gasteiger partial charge on any atom is 0.286 e. The summed E-state index contributed by atoms with van der Waals surface area (Å²) in [6.07, 6.45) is 0.467. The van der Waals surface area contributed by atoms with Gasteiger partial charge in [-0.2, -0.15) is 0 Å². The van der Waals surface area contributed by atoms with Crippen LogP contribution in [0.1, 0.15) is 17.0 Å². The fourth-order valence-corrected chi connectivity index (χ4v) is 5.14. The van der Waals surface area contributed by atoms with Crippen LogP contribution in [0.25, 0.3) is 22.0 Å². The van der Waals surface area contributed by atoms with Crippen LogP contribution < -0.4 is 10.9 Å². The molecule has 0 spiro atoms. The molecule has 5 rings (SSSR count). The van der Waals surface area contributed by atoms with Crippen molar-refractivity contribution in [1.29, 1.82) is 0 Å². The summed E-state index contributed by atoms with van der Waals surface area (Å²) in [5.74, 6) is -0.791. The molecular formula is C26H20N2O3S. The number of benzene rings is 3.